The molecule has 3 heterocycles. The van der Waals surface area contributed by atoms with Crippen LogP contribution >= 0.6 is 11.6 Å². The van der Waals surface area contributed by atoms with Crippen LogP contribution in [0.5, 0.6) is 5.75 Å². The number of hydrogen-bond acceptors (Lipinski definition) is 4. The molecule has 2 aliphatic rings. The van der Waals surface area contributed by atoms with E-state index >= 15 is 0 Å². The molecule has 160 valence electrons. The van der Waals surface area contributed by atoms with Gasteiger partial charge in [-0.15, -0.1) is 0 Å². The number of ether oxygens (including phenoxy) is 2. The van der Waals surface area contributed by atoms with Gasteiger partial charge in [-0.1, -0.05) is 29.8 Å². The zero-order valence-corrected chi connectivity index (χ0v) is 19.0. The van der Waals surface area contributed by atoms with Crippen molar-refractivity contribution in [2.75, 3.05) is 20.2 Å². The van der Waals surface area contributed by atoms with Crippen molar-refractivity contribution in [1.82, 2.24) is 9.88 Å². The fraction of sp³-hybridized carbons (Fsp3) is 0.320. The molecule has 2 aromatic carbocycles. The van der Waals surface area contributed by atoms with Crippen LogP contribution in [-0.4, -0.2) is 30.1 Å². The summed E-state index contributed by atoms with van der Waals surface area (Å²) in [4.78, 5) is 7.25. The second kappa shape index (κ2) is 8.44. The number of likely N-dealkylation sites (tertiary alicyclic amines) is 1. The maximum absolute atomic E-state index is 6.77. The van der Waals surface area contributed by atoms with Gasteiger partial charge in [0.05, 0.1) is 12.8 Å². The average molecular weight is 456 g/mol. The van der Waals surface area contributed by atoms with E-state index < -0.39 is 0 Å². The zero-order chi connectivity index (χ0) is 21.4. The van der Waals surface area contributed by atoms with Crippen LogP contribution in [0.15, 0.2) is 60.8 Å². The van der Waals surface area contributed by atoms with Gasteiger partial charge in [0.15, 0.2) is 11.6 Å². The summed E-state index contributed by atoms with van der Waals surface area (Å²) in [5.74, 6) is 0.887. The molecule has 0 bridgehead atoms. The van der Waals surface area contributed by atoms with Gasteiger partial charge < -0.3 is 9.47 Å². The Morgan fingerprint density at radius 2 is 1.94 bits per heavy atom. The van der Waals surface area contributed by atoms with Crippen molar-refractivity contribution in [3.8, 4) is 5.75 Å². The average Bonchev–Trinajstić information content (AvgIpc) is 3.10. The molecule has 1 atom stereocenters. The first-order chi connectivity index (χ1) is 15.1. The van der Waals surface area contributed by atoms with Crippen LogP contribution in [0.3, 0.4) is 0 Å². The van der Waals surface area contributed by atoms with Gasteiger partial charge in [-0.2, -0.15) is 0 Å². The Bertz CT molecular complexity index is 1060. The van der Waals surface area contributed by atoms with Gasteiger partial charge in [0, 0.05) is 48.5 Å². The van der Waals surface area contributed by atoms with Crippen molar-refractivity contribution in [3.63, 3.8) is 0 Å². The number of methoxy groups -OCH3 is 1. The van der Waals surface area contributed by atoms with Crippen molar-refractivity contribution in [3.05, 3.63) is 93.2 Å². The molecule has 5 rings (SSSR count). The molecule has 1 fully saturated rings. The minimum Gasteiger partial charge on any atom is -0.497 e. The lowest BCUT2D eigenvalue weighted by Gasteiger charge is -2.39. The third-order valence-electron chi connectivity index (χ3n) is 6.32. The Morgan fingerprint density at radius 1 is 1.16 bits per heavy atom. The van der Waals surface area contributed by atoms with Crippen molar-refractivity contribution < 1.29 is 21.1 Å². The van der Waals surface area contributed by atoms with E-state index in [1.165, 1.54) is 5.56 Å². The fourth-order valence-electron chi connectivity index (χ4n) is 4.75. The van der Waals surface area contributed by atoms with Crippen molar-refractivity contribution in [2.24, 2.45) is 0 Å². The number of halogens is 2. The Morgan fingerprint density at radius 3 is 2.65 bits per heavy atom. The van der Waals surface area contributed by atoms with Gasteiger partial charge in [0.1, 0.15) is 17.5 Å². The van der Waals surface area contributed by atoms with Gasteiger partial charge in [-0.25, -0.2) is 0 Å². The minimum atomic E-state index is -0.360. The lowest BCUT2D eigenvalue weighted by molar-refractivity contribution is -0.289. The molecular formula is C25H25Cl2N2O2+. The molecule has 1 saturated heterocycles. The van der Waals surface area contributed by atoms with Crippen LogP contribution in [0.2, 0.25) is 10.0 Å². The highest BCUT2D eigenvalue weighted by Gasteiger charge is 2.48. The lowest BCUT2D eigenvalue weighted by Crippen LogP contribution is -2.42. The number of pyridine rings is 1. The first-order valence-corrected chi connectivity index (χ1v) is 11.3. The monoisotopic (exact) mass is 455 g/mol. The molecule has 0 saturated carbocycles. The van der Waals surface area contributed by atoms with Crippen LogP contribution in [-0.2, 0) is 16.9 Å². The number of benzene rings is 2. The number of piperidine rings is 1. The first kappa shape index (κ1) is 20.8. The highest BCUT2D eigenvalue weighted by atomic mass is 35.5. The topological polar surface area (TPSA) is 34.6 Å². The molecule has 0 aliphatic carbocycles. The van der Waals surface area contributed by atoms with Gasteiger partial charge in [-0.3, -0.25) is 9.88 Å². The number of rotatable bonds is 4. The predicted octanol–water partition coefficient (Wildman–Crippen LogP) is 5.05. The van der Waals surface area contributed by atoms with E-state index in [-0.39, 0.29) is 11.7 Å². The number of aromatic nitrogens is 1. The maximum atomic E-state index is 6.77. The van der Waals surface area contributed by atoms with E-state index in [9.17, 15) is 0 Å². The highest BCUT2D eigenvalue weighted by molar-refractivity contribution is 6.30. The number of fused-ring (bicyclic) bond motifs is 2. The molecule has 1 aromatic heterocycles. The molecule has 0 N–H and O–H groups in total. The van der Waals surface area contributed by atoms with Crippen molar-refractivity contribution >= 4 is 11.6 Å². The zero-order valence-electron chi connectivity index (χ0n) is 17.4. The second-order valence-electron chi connectivity index (χ2n) is 8.28. The second-order valence-corrected chi connectivity index (χ2v) is 9.19. The third-order valence-corrected chi connectivity index (χ3v) is 6.78. The largest absolute Gasteiger partial charge is 0.497 e. The SMILES string of the molecule is COc1ccc(CN2CCC3(CC2)OC(c2cc(Cl)cc([ClH+])c2)c2cccnc23)cc1. The van der Waals surface area contributed by atoms with Crippen LogP contribution in [0.1, 0.15) is 41.3 Å². The Labute approximate surface area is 192 Å². The molecule has 0 amide bonds. The Hall–Kier alpha value is -2.11. The van der Waals surface area contributed by atoms with Crippen LogP contribution in [0, 0.1) is 11.6 Å². The van der Waals surface area contributed by atoms with Gasteiger partial charge in [-0.05, 0) is 48.2 Å². The summed E-state index contributed by atoms with van der Waals surface area (Å²) in [5, 5.41) is 1.37. The van der Waals surface area contributed by atoms with Crippen LogP contribution in [0.25, 0.3) is 0 Å². The van der Waals surface area contributed by atoms with Crippen molar-refractivity contribution in [1.29, 1.82) is 0 Å². The van der Waals surface area contributed by atoms with E-state index in [2.05, 4.69) is 23.1 Å². The Balaban J connectivity index is 1.35. The molecule has 1 spiro atoms. The minimum absolute atomic E-state index is 0.183. The number of nitrogens with zero attached hydrogens (tertiary/aromatic N) is 2. The fourth-order valence-corrected chi connectivity index (χ4v) is 5.33. The third kappa shape index (κ3) is 4.06. The normalized spacial score (nSPS) is 20.0. The standard InChI is InChI=1S/C25H25Cl2N2O2/c1-30-21-6-4-17(5-7-21)16-29-11-8-25(9-12-29)24-22(3-2-10-28-24)23(31-25)18-13-19(26)15-20(27)14-18/h2-7,10,13-15,23,26H,8-9,11-12,16H2,1H3/q+1. The number of hydrogen-bond donors (Lipinski definition) is 0. The molecule has 31 heavy (non-hydrogen) atoms. The summed E-state index contributed by atoms with van der Waals surface area (Å²) in [6.07, 6.45) is 3.50. The molecule has 4 nitrogen and oxygen atoms in total. The maximum Gasteiger partial charge on any atom is 0.227 e. The van der Waals surface area contributed by atoms with Crippen LogP contribution in [0.4, 0.5) is 0 Å². The van der Waals surface area contributed by atoms with Crippen molar-refractivity contribution in [2.45, 2.75) is 31.1 Å². The molecule has 6 heteroatoms. The summed E-state index contributed by atoms with van der Waals surface area (Å²) in [6, 6.07) is 18.1. The lowest BCUT2D eigenvalue weighted by atomic mass is 9.86. The smallest absolute Gasteiger partial charge is 0.227 e. The Kier molecular flexibility index (Phi) is 5.65. The van der Waals surface area contributed by atoms with E-state index in [1.54, 1.807) is 13.2 Å². The highest BCUT2D eigenvalue weighted by Crippen LogP contribution is 2.50. The summed E-state index contributed by atoms with van der Waals surface area (Å²) in [7, 11) is 1.69. The predicted molar refractivity (Wildman–Crippen MR) is 118 cm³/mol. The molecule has 0 radical (unpaired) electrons. The van der Waals surface area contributed by atoms with E-state index in [0.29, 0.717) is 5.02 Å². The van der Waals surface area contributed by atoms with Gasteiger partial charge in [0.2, 0.25) is 5.02 Å². The van der Waals surface area contributed by atoms with E-state index in [1.807, 2.05) is 36.5 Å². The molecule has 1 unspecified atom stereocenters. The van der Waals surface area contributed by atoms with Gasteiger partial charge in [0.25, 0.3) is 0 Å². The first-order valence-electron chi connectivity index (χ1n) is 10.5. The van der Waals surface area contributed by atoms with E-state index in [4.69, 9.17) is 37.7 Å². The molecule has 2 aliphatic heterocycles. The summed E-state index contributed by atoms with van der Waals surface area (Å²) in [6.45, 7) is 2.83. The summed E-state index contributed by atoms with van der Waals surface area (Å²) < 4.78 is 12.0. The van der Waals surface area contributed by atoms with E-state index in [0.717, 1.165) is 60.1 Å². The van der Waals surface area contributed by atoms with Gasteiger partial charge >= 0.3 is 0 Å². The summed E-state index contributed by atoms with van der Waals surface area (Å²) >= 11 is 11.7. The van der Waals surface area contributed by atoms with Crippen LogP contribution < -0.4 is 4.74 Å². The quantitative estimate of drug-likeness (QED) is 0.551. The molecule has 3 aromatic rings. The summed E-state index contributed by atoms with van der Waals surface area (Å²) in [5.41, 5.74) is 4.13. The molecular weight excluding hydrogens is 431 g/mol.